The maximum atomic E-state index is 10.2. The normalized spacial score (nSPS) is 7.62. The third kappa shape index (κ3) is 3.55. The molecule has 2 amide bonds. The topological polar surface area (TPSA) is 43.2 Å². The number of amides is 2. The molecular formula is C4H7N2OS. The van der Waals surface area contributed by atoms with Gasteiger partial charge in [-0.05, 0) is 12.8 Å². The quantitative estimate of drug-likeness (QED) is 0.411. The van der Waals surface area contributed by atoms with Crippen molar-refractivity contribution in [2.75, 3.05) is 6.54 Å². The number of thiol groups is 1. The van der Waals surface area contributed by atoms with Crippen molar-refractivity contribution in [1.29, 1.82) is 0 Å². The van der Waals surface area contributed by atoms with E-state index in [-0.39, 0.29) is 0 Å². The standard InChI is InChI=1S/C4H7N2OS/c1-2-3-5-4(7)6-8/h2,8H,1,3H2,(H,5,7). The Kier molecular flexibility index (Phi) is 4.16. The number of urea groups is 1. The first-order chi connectivity index (χ1) is 3.81. The van der Waals surface area contributed by atoms with Crippen molar-refractivity contribution in [3.05, 3.63) is 12.7 Å². The smallest absolute Gasteiger partial charge is 0.332 e. The second-order valence-electron chi connectivity index (χ2n) is 1.07. The van der Waals surface area contributed by atoms with E-state index in [1.165, 1.54) is 0 Å². The Morgan fingerprint density at radius 3 is 3.00 bits per heavy atom. The van der Waals surface area contributed by atoms with E-state index in [1.807, 2.05) is 0 Å². The first kappa shape index (κ1) is 7.36. The second-order valence-corrected chi connectivity index (χ2v) is 1.27. The molecule has 0 rings (SSSR count). The number of carbonyl (C=O) groups is 1. The number of nitrogens with zero attached hydrogens (tertiary/aromatic N) is 1. The van der Waals surface area contributed by atoms with Crippen LogP contribution in [0.5, 0.6) is 0 Å². The van der Waals surface area contributed by atoms with Crippen molar-refractivity contribution in [3.8, 4) is 0 Å². The van der Waals surface area contributed by atoms with Crippen LogP contribution in [-0.4, -0.2) is 12.6 Å². The molecule has 0 aromatic carbocycles. The van der Waals surface area contributed by atoms with E-state index in [0.29, 0.717) is 6.54 Å². The fourth-order valence-corrected chi connectivity index (χ4v) is 0.266. The summed E-state index contributed by atoms with van der Waals surface area (Å²) in [5.41, 5.74) is 0. The van der Waals surface area contributed by atoms with Crippen LogP contribution in [-0.2, 0) is 0 Å². The van der Waals surface area contributed by atoms with Crippen LogP contribution in [0.2, 0.25) is 0 Å². The van der Waals surface area contributed by atoms with Gasteiger partial charge in [0.15, 0.2) is 0 Å². The van der Waals surface area contributed by atoms with Gasteiger partial charge in [-0.2, -0.15) is 4.72 Å². The maximum absolute atomic E-state index is 10.2. The zero-order valence-electron chi connectivity index (χ0n) is 4.29. The van der Waals surface area contributed by atoms with Crippen LogP contribution in [0.25, 0.3) is 0 Å². The van der Waals surface area contributed by atoms with E-state index in [4.69, 9.17) is 0 Å². The van der Waals surface area contributed by atoms with E-state index in [1.54, 1.807) is 6.08 Å². The lowest BCUT2D eigenvalue weighted by Crippen LogP contribution is -2.25. The van der Waals surface area contributed by atoms with Crippen molar-refractivity contribution >= 4 is 18.8 Å². The van der Waals surface area contributed by atoms with Crippen LogP contribution in [0.4, 0.5) is 4.79 Å². The van der Waals surface area contributed by atoms with Crippen LogP contribution >= 0.6 is 12.8 Å². The number of rotatable bonds is 2. The van der Waals surface area contributed by atoms with Gasteiger partial charge in [0.05, 0.1) is 0 Å². The van der Waals surface area contributed by atoms with E-state index in [2.05, 4.69) is 29.4 Å². The monoisotopic (exact) mass is 131 g/mol. The number of hydrogen-bond acceptors (Lipinski definition) is 2. The van der Waals surface area contributed by atoms with Gasteiger partial charge in [-0.3, -0.25) is 0 Å². The SMILES string of the molecule is C=CCNC(=O)[N]S. The molecule has 45 valence electrons. The van der Waals surface area contributed by atoms with E-state index < -0.39 is 6.03 Å². The highest BCUT2D eigenvalue weighted by Gasteiger charge is 1.91. The summed E-state index contributed by atoms with van der Waals surface area (Å²) < 4.78 is 3.02. The predicted molar refractivity (Wildman–Crippen MR) is 34.7 cm³/mol. The summed E-state index contributed by atoms with van der Waals surface area (Å²) in [6.45, 7) is 3.82. The summed E-state index contributed by atoms with van der Waals surface area (Å²) in [6, 6.07) is -0.437. The van der Waals surface area contributed by atoms with Crippen molar-refractivity contribution in [3.63, 3.8) is 0 Å². The molecule has 0 saturated carbocycles. The van der Waals surface area contributed by atoms with Gasteiger partial charge < -0.3 is 5.32 Å². The van der Waals surface area contributed by atoms with E-state index >= 15 is 0 Å². The average molecular weight is 131 g/mol. The van der Waals surface area contributed by atoms with Crippen LogP contribution in [0, 0.1) is 0 Å². The highest BCUT2D eigenvalue weighted by atomic mass is 32.1. The van der Waals surface area contributed by atoms with Gasteiger partial charge in [-0.1, -0.05) is 6.08 Å². The summed E-state index contributed by atoms with van der Waals surface area (Å²) >= 11 is 3.37. The molecule has 0 saturated heterocycles. The molecule has 1 N–H and O–H groups in total. The molecule has 8 heavy (non-hydrogen) atoms. The summed E-state index contributed by atoms with van der Waals surface area (Å²) in [7, 11) is 0. The molecule has 0 aromatic rings. The fourth-order valence-electron chi connectivity index (χ4n) is 0.195. The van der Waals surface area contributed by atoms with Crippen LogP contribution in [0.1, 0.15) is 0 Å². The fraction of sp³-hybridized carbons (Fsp3) is 0.250. The maximum Gasteiger partial charge on any atom is 0.347 e. The lowest BCUT2D eigenvalue weighted by atomic mass is 10.6. The Hall–Kier alpha value is -0.640. The summed E-state index contributed by atoms with van der Waals surface area (Å²) in [5.74, 6) is 0. The Balaban J connectivity index is 3.11. The van der Waals surface area contributed by atoms with E-state index in [9.17, 15) is 4.79 Å². The minimum Gasteiger partial charge on any atom is -0.332 e. The van der Waals surface area contributed by atoms with Gasteiger partial charge in [0, 0.05) is 6.54 Å². The van der Waals surface area contributed by atoms with Crippen molar-refractivity contribution in [1.82, 2.24) is 10.0 Å². The Morgan fingerprint density at radius 2 is 2.62 bits per heavy atom. The Labute approximate surface area is 53.7 Å². The van der Waals surface area contributed by atoms with Crippen molar-refractivity contribution in [2.24, 2.45) is 0 Å². The van der Waals surface area contributed by atoms with Gasteiger partial charge in [0.2, 0.25) is 0 Å². The average Bonchev–Trinajstić information content (AvgIpc) is 1.83. The van der Waals surface area contributed by atoms with Gasteiger partial charge >= 0.3 is 6.03 Å². The Bertz CT molecular complexity index is 94.0. The molecule has 0 aliphatic rings. The zero-order chi connectivity index (χ0) is 6.41. The molecule has 0 heterocycles. The lowest BCUT2D eigenvalue weighted by molar-refractivity contribution is 0.247. The highest BCUT2D eigenvalue weighted by molar-refractivity contribution is 7.78. The molecule has 0 spiro atoms. The number of carbonyl (C=O) groups excluding carboxylic acids is 1. The molecule has 1 radical (unpaired) electrons. The molecule has 0 atom stereocenters. The molecule has 0 unspecified atom stereocenters. The summed E-state index contributed by atoms with van der Waals surface area (Å²) in [4.78, 5) is 10.2. The first-order valence-electron chi connectivity index (χ1n) is 2.05. The van der Waals surface area contributed by atoms with Crippen LogP contribution < -0.4 is 10.0 Å². The van der Waals surface area contributed by atoms with Crippen LogP contribution in [0.3, 0.4) is 0 Å². The van der Waals surface area contributed by atoms with Crippen LogP contribution in [0.15, 0.2) is 12.7 Å². The van der Waals surface area contributed by atoms with Crippen molar-refractivity contribution in [2.45, 2.75) is 0 Å². The van der Waals surface area contributed by atoms with Gasteiger partial charge in [0.1, 0.15) is 0 Å². The molecule has 4 heteroatoms. The molecule has 0 fully saturated rings. The third-order valence-corrected chi connectivity index (χ3v) is 0.670. The first-order valence-corrected chi connectivity index (χ1v) is 2.45. The minimum absolute atomic E-state index is 0.433. The van der Waals surface area contributed by atoms with E-state index in [0.717, 1.165) is 0 Å². The Morgan fingerprint density at radius 1 is 2.00 bits per heavy atom. The van der Waals surface area contributed by atoms with Gasteiger partial charge in [-0.15, -0.1) is 6.58 Å². The molecular weight excluding hydrogens is 124 g/mol. The molecule has 0 aliphatic carbocycles. The molecule has 0 aromatic heterocycles. The largest absolute Gasteiger partial charge is 0.347 e. The predicted octanol–water partition coefficient (Wildman–Crippen LogP) is 0.331. The number of hydrogen-bond donors (Lipinski definition) is 2. The molecule has 0 aliphatic heterocycles. The summed E-state index contributed by atoms with van der Waals surface area (Å²) in [6.07, 6.45) is 1.57. The lowest BCUT2D eigenvalue weighted by Gasteiger charge is -1.93. The molecule has 0 bridgehead atoms. The number of nitrogens with one attached hydrogen (secondary N) is 1. The minimum atomic E-state index is -0.437. The van der Waals surface area contributed by atoms with Crippen molar-refractivity contribution < 1.29 is 4.79 Å². The zero-order valence-corrected chi connectivity index (χ0v) is 5.19. The highest BCUT2D eigenvalue weighted by Crippen LogP contribution is 1.68. The summed E-state index contributed by atoms with van der Waals surface area (Å²) in [5, 5.41) is 2.38. The second kappa shape index (κ2) is 4.52. The van der Waals surface area contributed by atoms with Gasteiger partial charge in [0.25, 0.3) is 0 Å². The third-order valence-electron chi connectivity index (χ3n) is 0.488. The molecule has 3 nitrogen and oxygen atoms in total. The van der Waals surface area contributed by atoms with Gasteiger partial charge in [-0.25, -0.2) is 4.79 Å².